The van der Waals surface area contributed by atoms with E-state index in [2.05, 4.69) is 10.6 Å². The minimum atomic E-state index is -1.55. The zero-order chi connectivity index (χ0) is 25.7. The molecule has 2 atom stereocenters. The van der Waals surface area contributed by atoms with Gasteiger partial charge in [0.2, 0.25) is 11.8 Å². The van der Waals surface area contributed by atoms with Gasteiger partial charge in [-0.15, -0.1) is 0 Å². The van der Waals surface area contributed by atoms with E-state index in [-0.39, 0.29) is 59.1 Å². The maximum atomic E-state index is 11.6. The number of amides is 4. The van der Waals surface area contributed by atoms with Crippen molar-refractivity contribution in [2.24, 2.45) is 11.5 Å². The predicted molar refractivity (Wildman–Crippen MR) is 113 cm³/mol. The van der Waals surface area contributed by atoms with Gasteiger partial charge in [-0.25, -0.2) is 0 Å². The van der Waals surface area contributed by atoms with Gasteiger partial charge in [0.15, 0.2) is 0 Å². The van der Waals surface area contributed by atoms with Crippen molar-refractivity contribution >= 4 is 35.6 Å². The minimum absolute atomic E-state index is 0. The number of nitrogens with one attached hydrogen (secondary N) is 2. The molecule has 0 aliphatic carbocycles. The Balaban J connectivity index is 0. The number of benzene rings is 2. The van der Waals surface area contributed by atoms with Gasteiger partial charge >= 0.3 is 59.1 Å². The van der Waals surface area contributed by atoms with Gasteiger partial charge in [-0.3, -0.25) is 19.2 Å². The van der Waals surface area contributed by atoms with Crippen LogP contribution < -0.4 is 91.4 Å². The molecular weight excluding hydrogens is 494 g/mol. The van der Waals surface area contributed by atoms with Crippen LogP contribution in [0.2, 0.25) is 0 Å². The Kier molecular flexibility index (Phi) is 18.2. The molecule has 12 nitrogen and oxygen atoms in total. The number of hydrogen-bond donors (Lipinski definition) is 4. The zero-order valence-electron chi connectivity index (χ0n) is 19.8. The van der Waals surface area contributed by atoms with Crippen molar-refractivity contribution in [2.75, 3.05) is 0 Å². The number of rotatable bonds is 10. The average Bonchev–Trinajstić information content (AvgIpc) is 2.79. The second-order valence-electron chi connectivity index (χ2n) is 6.76. The first kappa shape index (κ1) is 35.4. The molecular formula is C22H22N4Na2O8. The standard InChI is InChI=1S/2C11H12N2O4.2Na/c2*12-9(14)6-8(11(16)17)13-10(15)7-4-2-1-3-5-7;;/h2*1-5,8H,6H2,(H2,12,14)(H,13,15)(H,16,17);;/q;;2*+1/p-2/t2*8-;;/m00../s1. The van der Waals surface area contributed by atoms with Crippen LogP contribution in [0.5, 0.6) is 0 Å². The van der Waals surface area contributed by atoms with Crippen molar-refractivity contribution in [3.8, 4) is 0 Å². The first-order valence-corrected chi connectivity index (χ1v) is 9.71. The molecule has 0 aliphatic rings. The molecule has 36 heavy (non-hydrogen) atoms. The molecule has 0 saturated heterocycles. The van der Waals surface area contributed by atoms with Crippen molar-refractivity contribution in [3.63, 3.8) is 0 Å². The number of carboxylic acid groups (broad SMARTS) is 2. The van der Waals surface area contributed by atoms with Crippen LogP contribution in [0, 0.1) is 0 Å². The second-order valence-corrected chi connectivity index (χ2v) is 6.76. The Bertz CT molecular complexity index is 955. The maximum absolute atomic E-state index is 11.6. The molecule has 4 amide bonds. The summed E-state index contributed by atoms with van der Waals surface area (Å²) in [7, 11) is 0. The number of hydrogen-bond acceptors (Lipinski definition) is 8. The molecule has 0 aliphatic heterocycles. The van der Waals surface area contributed by atoms with E-state index < -0.39 is 60.5 Å². The normalized spacial score (nSPS) is 10.9. The summed E-state index contributed by atoms with van der Waals surface area (Å²) in [6, 6.07) is 13.2. The van der Waals surface area contributed by atoms with Crippen LogP contribution in [-0.2, 0) is 19.2 Å². The van der Waals surface area contributed by atoms with E-state index >= 15 is 0 Å². The Morgan fingerprint density at radius 3 is 1.11 bits per heavy atom. The summed E-state index contributed by atoms with van der Waals surface area (Å²) >= 11 is 0. The molecule has 14 heteroatoms. The van der Waals surface area contributed by atoms with Crippen molar-refractivity contribution in [3.05, 3.63) is 71.8 Å². The topological polar surface area (TPSA) is 225 Å². The number of nitrogens with two attached hydrogens (primary N) is 2. The Morgan fingerprint density at radius 1 is 0.611 bits per heavy atom. The first-order valence-electron chi connectivity index (χ1n) is 9.71. The van der Waals surface area contributed by atoms with Gasteiger partial charge in [0, 0.05) is 11.1 Å². The summed E-state index contributed by atoms with van der Waals surface area (Å²) in [6.07, 6.45) is -0.998. The number of aliphatic carboxylic acids is 2. The fourth-order valence-electron chi connectivity index (χ4n) is 2.45. The molecule has 0 spiro atoms. The van der Waals surface area contributed by atoms with E-state index in [9.17, 15) is 39.0 Å². The molecule has 2 rings (SSSR count). The van der Waals surface area contributed by atoms with E-state index in [1.165, 1.54) is 24.3 Å². The van der Waals surface area contributed by atoms with Crippen LogP contribution in [0.4, 0.5) is 0 Å². The van der Waals surface area contributed by atoms with Crippen molar-refractivity contribution < 1.29 is 98.1 Å². The Morgan fingerprint density at radius 2 is 0.889 bits per heavy atom. The third kappa shape index (κ3) is 14.0. The molecule has 2 aromatic carbocycles. The summed E-state index contributed by atoms with van der Waals surface area (Å²) in [5.74, 6) is -5.94. The van der Waals surface area contributed by atoms with E-state index in [4.69, 9.17) is 11.5 Å². The summed E-state index contributed by atoms with van der Waals surface area (Å²) in [6.45, 7) is 0. The number of carbonyl (C=O) groups is 6. The number of carboxylic acids is 2. The average molecular weight is 516 g/mol. The van der Waals surface area contributed by atoms with Gasteiger partial charge < -0.3 is 41.9 Å². The largest absolute Gasteiger partial charge is 1.00 e. The fraction of sp³-hybridized carbons (Fsp3) is 0.182. The van der Waals surface area contributed by atoms with Crippen LogP contribution >= 0.6 is 0 Å². The van der Waals surface area contributed by atoms with Gasteiger partial charge in [0.25, 0.3) is 11.8 Å². The molecule has 0 aromatic heterocycles. The van der Waals surface area contributed by atoms with Gasteiger partial charge in [-0.05, 0) is 24.3 Å². The van der Waals surface area contributed by atoms with Gasteiger partial charge in [0.05, 0.1) is 36.9 Å². The van der Waals surface area contributed by atoms with E-state index in [0.717, 1.165) is 0 Å². The van der Waals surface area contributed by atoms with Gasteiger partial charge in [0.1, 0.15) is 0 Å². The number of carbonyl (C=O) groups excluding carboxylic acids is 6. The van der Waals surface area contributed by atoms with Crippen LogP contribution in [0.25, 0.3) is 0 Å². The van der Waals surface area contributed by atoms with Crippen LogP contribution in [0.3, 0.4) is 0 Å². The smallest absolute Gasteiger partial charge is 0.548 e. The summed E-state index contributed by atoms with van der Waals surface area (Å²) < 4.78 is 0. The molecule has 0 radical (unpaired) electrons. The Hall–Kier alpha value is -2.74. The Labute approximate surface area is 250 Å². The molecule has 180 valence electrons. The minimum Gasteiger partial charge on any atom is -0.548 e. The predicted octanol–water partition coefficient (Wildman–Crippen LogP) is -9.17. The molecule has 0 fully saturated rings. The third-order valence-corrected chi connectivity index (χ3v) is 4.06. The third-order valence-electron chi connectivity index (χ3n) is 4.06. The van der Waals surface area contributed by atoms with E-state index in [1.807, 2.05) is 0 Å². The zero-order valence-corrected chi connectivity index (χ0v) is 23.8. The molecule has 6 N–H and O–H groups in total. The summed E-state index contributed by atoms with van der Waals surface area (Å²) in [5, 5.41) is 25.7. The summed E-state index contributed by atoms with van der Waals surface area (Å²) in [5.41, 5.74) is 10.3. The first-order chi connectivity index (χ1) is 16.0. The van der Waals surface area contributed by atoms with Crippen LogP contribution in [0.15, 0.2) is 60.7 Å². The van der Waals surface area contributed by atoms with Gasteiger partial charge in [-0.2, -0.15) is 0 Å². The van der Waals surface area contributed by atoms with Crippen molar-refractivity contribution in [1.82, 2.24) is 10.6 Å². The molecule has 0 unspecified atom stereocenters. The molecule has 0 saturated carbocycles. The monoisotopic (exact) mass is 516 g/mol. The van der Waals surface area contributed by atoms with Gasteiger partial charge in [-0.1, -0.05) is 36.4 Å². The van der Waals surface area contributed by atoms with Crippen molar-refractivity contribution in [1.29, 1.82) is 0 Å². The summed E-state index contributed by atoms with van der Waals surface area (Å²) in [4.78, 5) is 65.7. The molecule has 0 heterocycles. The fourth-order valence-corrected chi connectivity index (χ4v) is 2.45. The van der Waals surface area contributed by atoms with Crippen molar-refractivity contribution in [2.45, 2.75) is 24.9 Å². The SMILES string of the molecule is NC(=O)C[C@H](NC(=O)c1ccccc1)C(=O)[O-].NC(=O)C[C@H](NC(=O)c1ccccc1)C(=O)[O-].[Na+].[Na+]. The van der Waals surface area contributed by atoms with E-state index in [0.29, 0.717) is 11.1 Å². The maximum Gasteiger partial charge on any atom is 1.00 e. The quantitative estimate of drug-likeness (QED) is 0.221. The number of primary amides is 2. The van der Waals surface area contributed by atoms with Crippen LogP contribution in [-0.4, -0.2) is 47.7 Å². The molecule has 2 aromatic rings. The second kappa shape index (κ2) is 18.5. The molecule has 0 bridgehead atoms. The van der Waals surface area contributed by atoms with Crippen LogP contribution in [0.1, 0.15) is 33.6 Å². The van der Waals surface area contributed by atoms with E-state index in [1.54, 1.807) is 36.4 Å².